The molecule has 10 heterocycles. The number of alkyl carbamates (subject to hydrolysis) is 2. The molecular formula is C85H143ClN18O14S2. The van der Waals surface area contributed by atoms with E-state index in [0.29, 0.717) is 99.8 Å². The van der Waals surface area contributed by atoms with Crippen molar-refractivity contribution in [1.82, 2.24) is 60.4 Å². The molecule has 676 valence electrons. The Kier molecular flexibility index (Phi) is 38.1. The maximum absolute atomic E-state index is 13.6. The molecular weight excluding hydrogens is 1600 g/mol. The van der Waals surface area contributed by atoms with E-state index in [1.165, 1.54) is 24.3 Å². The lowest BCUT2D eigenvalue weighted by Crippen LogP contribution is -2.41. The number of aldehydes is 1. The van der Waals surface area contributed by atoms with Gasteiger partial charge in [-0.15, -0.1) is 0 Å². The SMILES string of the molecule is CC(C)(C)C=O.CC(C)(C)CN1CCN(c2ccc3c(n2)N2C[C@@H](CCCNc4cccc(n4)S(=O)(=O)NC3=O)CC2(C)C)C1=O.CC(C)(C)CN1CCNC1=O.CC(C)(C)CNCCNC(=O)OC(C)(C)C.CC(C)(C)CO.CC(C)(C)OC(=O)NCCN.CC1(C)C[C@@H]2CCCNc3cccc(n3)S(=O)(=O)NC(=O)c3ccc(Cl)nc3N1C2. The van der Waals surface area contributed by atoms with E-state index in [0.717, 1.165) is 84.1 Å². The molecule has 120 heavy (non-hydrogen) atoms. The number of nitrogens with zero attached hydrogens (tertiary/aromatic N) is 9. The highest BCUT2D eigenvalue weighted by atomic mass is 35.5. The Balaban J connectivity index is 0.000000330. The molecule has 4 aromatic rings. The second-order valence-corrected chi connectivity index (χ2v) is 43.6. The molecule has 0 saturated carbocycles. The van der Waals surface area contributed by atoms with Gasteiger partial charge in [-0.1, -0.05) is 128 Å². The van der Waals surface area contributed by atoms with Crippen molar-refractivity contribution < 1.29 is 65.0 Å². The average molecular weight is 1740 g/mol. The van der Waals surface area contributed by atoms with Crippen LogP contribution in [-0.2, 0) is 34.3 Å². The van der Waals surface area contributed by atoms with Gasteiger partial charge in [0.1, 0.15) is 51.7 Å². The van der Waals surface area contributed by atoms with Crippen LogP contribution < -0.4 is 61.8 Å². The molecule has 4 saturated heterocycles. The highest BCUT2D eigenvalue weighted by Crippen LogP contribution is 2.42. The number of amides is 8. The number of fused-ring (bicyclic) bond motifs is 12. The van der Waals surface area contributed by atoms with E-state index in [1.807, 2.05) is 92.9 Å². The largest absolute Gasteiger partial charge is 0.444 e. The number of sulfonamides is 2. The van der Waals surface area contributed by atoms with E-state index in [4.69, 9.17) is 36.9 Å². The number of hydrogen-bond donors (Lipinski definition) is 10. The normalized spacial score (nSPS) is 18.8. The van der Waals surface area contributed by atoms with E-state index >= 15 is 0 Å². The zero-order chi connectivity index (χ0) is 91.0. The number of hydrogen-bond acceptors (Lipinski definition) is 24. The zero-order valence-electron chi connectivity index (χ0n) is 76.1. The van der Waals surface area contributed by atoms with Crippen molar-refractivity contribution in [2.24, 2.45) is 44.6 Å². The summed E-state index contributed by atoms with van der Waals surface area (Å²) in [5.41, 5.74) is 4.45. The summed E-state index contributed by atoms with van der Waals surface area (Å²) in [7, 11) is -8.40. The van der Waals surface area contributed by atoms with Crippen LogP contribution in [0.3, 0.4) is 0 Å². The third-order valence-corrected chi connectivity index (χ3v) is 20.9. The number of anilines is 5. The molecule has 0 unspecified atom stereocenters. The number of carbonyl (C=O) groups is 7. The van der Waals surface area contributed by atoms with Crippen LogP contribution in [0.4, 0.5) is 48.3 Å². The molecule has 0 aliphatic carbocycles. The summed E-state index contributed by atoms with van der Waals surface area (Å²) in [5.74, 6) is 1.38. The molecule has 10 rings (SSSR count). The predicted molar refractivity (Wildman–Crippen MR) is 476 cm³/mol. The number of urea groups is 2. The number of ether oxygens (including phenoxy) is 2. The van der Waals surface area contributed by atoms with Crippen LogP contribution in [0.15, 0.2) is 70.7 Å². The molecule has 11 N–H and O–H groups in total. The summed E-state index contributed by atoms with van der Waals surface area (Å²) in [4.78, 5) is 110. The van der Waals surface area contributed by atoms with Crippen molar-refractivity contribution in [3.8, 4) is 0 Å². The summed E-state index contributed by atoms with van der Waals surface area (Å²) in [5, 5.41) is 25.8. The lowest BCUT2D eigenvalue weighted by molar-refractivity contribution is -0.113. The molecule has 8 amide bonds. The van der Waals surface area contributed by atoms with Gasteiger partial charge >= 0.3 is 24.2 Å². The Morgan fingerprint density at radius 1 is 0.567 bits per heavy atom. The first-order valence-corrected chi connectivity index (χ1v) is 44.7. The molecule has 32 nitrogen and oxygen atoms in total. The third kappa shape index (κ3) is 37.5. The van der Waals surface area contributed by atoms with Crippen molar-refractivity contribution in [3.63, 3.8) is 0 Å². The van der Waals surface area contributed by atoms with Crippen LogP contribution in [0.1, 0.15) is 232 Å². The quantitative estimate of drug-likeness (QED) is 0.0423. The van der Waals surface area contributed by atoms with Crippen LogP contribution >= 0.6 is 11.6 Å². The first-order valence-electron chi connectivity index (χ1n) is 41.4. The summed E-state index contributed by atoms with van der Waals surface area (Å²) in [6.07, 6.45) is 5.76. The molecule has 4 fully saturated rings. The smallest absolute Gasteiger partial charge is 0.407 e. The van der Waals surface area contributed by atoms with Gasteiger partial charge in [-0.3, -0.25) is 14.5 Å². The molecule has 6 aliphatic rings. The maximum atomic E-state index is 13.6. The highest BCUT2D eigenvalue weighted by molar-refractivity contribution is 7.90. The molecule has 2 atom stereocenters. The summed E-state index contributed by atoms with van der Waals surface area (Å²) >= 11 is 6.14. The fraction of sp³-hybridized carbons (Fsp3) is 0.682. The number of rotatable bonds is 9. The molecule has 35 heteroatoms. The average Bonchev–Trinajstić information content (AvgIpc) is 1.58. The van der Waals surface area contributed by atoms with Gasteiger partial charge in [0.15, 0.2) is 10.1 Å². The van der Waals surface area contributed by atoms with Crippen molar-refractivity contribution in [1.29, 1.82) is 0 Å². The molecule has 0 aromatic carbocycles. The van der Waals surface area contributed by atoms with Crippen molar-refractivity contribution >= 4 is 103 Å². The van der Waals surface area contributed by atoms with Gasteiger partial charge in [0.2, 0.25) is 0 Å². The second-order valence-electron chi connectivity index (χ2n) is 40.0. The van der Waals surface area contributed by atoms with Crippen LogP contribution in [0.25, 0.3) is 0 Å². The Morgan fingerprint density at radius 3 is 1.40 bits per heavy atom. The Bertz CT molecular complexity index is 4280. The van der Waals surface area contributed by atoms with Crippen molar-refractivity contribution in [3.05, 3.63) is 76.9 Å². The van der Waals surface area contributed by atoms with Gasteiger partial charge in [-0.05, 0) is 190 Å². The summed E-state index contributed by atoms with van der Waals surface area (Å²) in [6.45, 7) is 60.6. The number of aromatic nitrogens is 4. The van der Waals surface area contributed by atoms with Gasteiger partial charge in [0.05, 0.1) is 11.1 Å². The minimum Gasteiger partial charge on any atom is -0.444 e. The lowest BCUT2D eigenvalue weighted by atomic mass is 9.93. The summed E-state index contributed by atoms with van der Waals surface area (Å²) in [6, 6.07) is 15.5. The molecule has 0 spiro atoms. The number of nitrogens with two attached hydrogens (primary N) is 1. The monoisotopic (exact) mass is 1740 g/mol. The zero-order valence-corrected chi connectivity index (χ0v) is 78.5. The van der Waals surface area contributed by atoms with Gasteiger partial charge in [0, 0.05) is 121 Å². The van der Waals surface area contributed by atoms with Crippen molar-refractivity contribution in [2.45, 2.75) is 244 Å². The number of carbonyl (C=O) groups excluding carboxylic acids is 7. The van der Waals surface area contributed by atoms with E-state index in [1.54, 1.807) is 41.3 Å². The van der Waals surface area contributed by atoms with E-state index < -0.39 is 49.2 Å². The van der Waals surface area contributed by atoms with E-state index in [9.17, 15) is 50.4 Å². The number of aliphatic hydroxyl groups excluding tert-OH is 1. The van der Waals surface area contributed by atoms with Gasteiger partial charge in [0.25, 0.3) is 31.9 Å². The topological polar surface area (TPSA) is 416 Å². The van der Waals surface area contributed by atoms with Crippen LogP contribution in [0.5, 0.6) is 0 Å². The van der Waals surface area contributed by atoms with E-state index in [-0.39, 0.29) is 89.2 Å². The first-order chi connectivity index (χ1) is 55.1. The van der Waals surface area contributed by atoms with Gasteiger partial charge in [-0.2, -0.15) is 16.8 Å². The first kappa shape index (κ1) is 104. The van der Waals surface area contributed by atoms with Crippen LogP contribution in [0, 0.1) is 38.9 Å². The minimum atomic E-state index is -4.24. The van der Waals surface area contributed by atoms with E-state index in [2.05, 4.69) is 156 Å². The van der Waals surface area contributed by atoms with Gasteiger partial charge < -0.3 is 76.6 Å². The Hall–Kier alpha value is -8.44. The molecule has 6 aliphatic heterocycles. The van der Waals surface area contributed by atoms with Crippen LogP contribution in [-0.4, -0.2) is 221 Å². The molecule has 8 bridgehead atoms. The third-order valence-electron chi connectivity index (χ3n) is 18.2. The number of pyridine rings is 4. The molecule has 4 aromatic heterocycles. The minimum absolute atomic E-state index is 0.0440. The number of nitrogens with one attached hydrogen (secondary N) is 8. The van der Waals surface area contributed by atoms with Crippen LogP contribution in [0.2, 0.25) is 5.15 Å². The fourth-order valence-electron chi connectivity index (χ4n) is 13.0. The maximum Gasteiger partial charge on any atom is 0.407 e. The predicted octanol–water partition coefficient (Wildman–Crippen LogP) is 12.7. The second kappa shape index (κ2) is 44.1. The summed E-state index contributed by atoms with van der Waals surface area (Å²) < 4.78 is 66.3. The fourth-order valence-corrected chi connectivity index (χ4v) is 15.0. The lowest BCUT2D eigenvalue weighted by Gasteiger charge is -2.34. The Morgan fingerprint density at radius 2 is 1.00 bits per heavy atom. The standard InChI is InChI=1S/C28H39N7O4S.C20H24ClN5O3S.C12H26N2O2.C8H16N2O.C7H16N2O2.C5H12O.C5H10O/c1-27(2,3)18-33-14-15-34(26(33)37)22-12-11-20-24(31-22)35-17-19(16-28(35,4)5)8-7-13-29-21-9-6-10-23(30-21)40(38,39)32-25(20)36;1-20(2)11-13-5-4-10-22-16-6-3-7-17(24-16)30(28,29)25-19(27)14-8-9-15(21)23-18(14)26(20)12-13;1-11(2,3)9-13-7-8-14-10(15)16-12(4,5)6;1-8(2,3)6-10-5-4-9-7(10)11;1-7(2,3)11-6(10)9-5-4-8;2*1-5(2,3)4-6/h6,9-12,19H,7-8,13-18H2,1-5H3,(H,29,30)(H,32,36);3,6-9,13H,4-5,10-12H2,1-2H3,(H,22,24)(H,25,27);13H,7-9H2,1-6H3,(H,14,15);4-6H2,1-3H3,(H,9,11);4-5,8H2,1-3H3,(H,9,10);6H,4H2,1-3H3;4H,1-3H3/t19-;13-;;;;;/m00...../s1. The number of halogens is 1. The number of aliphatic hydroxyl groups is 1. The van der Waals surface area contributed by atoms with Gasteiger partial charge in [-0.25, -0.2) is 48.6 Å². The molecule has 0 radical (unpaired) electrons. The Labute approximate surface area is 720 Å². The van der Waals surface area contributed by atoms with Crippen molar-refractivity contribution in [2.75, 3.05) is 130 Å². The highest BCUT2D eigenvalue weighted by Gasteiger charge is 2.44.